The average molecular weight is 353 g/mol. The van der Waals surface area contributed by atoms with E-state index in [-0.39, 0.29) is 18.2 Å². The molecule has 0 fully saturated rings. The normalized spacial score (nSPS) is 11.0. The van der Waals surface area contributed by atoms with Gasteiger partial charge in [-0.25, -0.2) is 0 Å². The minimum atomic E-state index is -4.71. The number of rotatable bonds is 7. The Morgan fingerprint density at radius 2 is 1.52 bits per heavy atom. The average Bonchev–Trinajstić information content (AvgIpc) is 2.58. The fraction of sp³-hybridized carbons (Fsp3) is 0.278. The predicted octanol–water partition coefficient (Wildman–Crippen LogP) is 3.84. The van der Waals surface area contributed by atoms with E-state index in [1.54, 1.807) is 7.11 Å². The Labute approximate surface area is 143 Å². The van der Waals surface area contributed by atoms with Crippen molar-refractivity contribution in [1.29, 1.82) is 0 Å². The number of hydrogen-bond acceptors (Lipinski definition) is 3. The predicted molar refractivity (Wildman–Crippen MR) is 86.3 cm³/mol. The summed E-state index contributed by atoms with van der Waals surface area (Å²) in [5.41, 5.74) is 1.71. The van der Waals surface area contributed by atoms with Crippen LogP contribution in [-0.2, 0) is 17.8 Å². The zero-order valence-corrected chi connectivity index (χ0v) is 13.6. The van der Waals surface area contributed by atoms with Gasteiger partial charge >= 0.3 is 6.36 Å². The van der Waals surface area contributed by atoms with Gasteiger partial charge in [-0.05, 0) is 41.8 Å². The van der Waals surface area contributed by atoms with Gasteiger partial charge in [-0.2, -0.15) is 0 Å². The first-order valence-electron chi connectivity index (χ1n) is 7.60. The molecule has 0 saturated heterocycles. The third-order valence-corrected chi connectivity index (χ3v) is 3.45. The third-order valence-electron chi connectivity index (χ3n) is 3.45. The molecule has 2 aromatic rings. The van der Waals surface area contributed by atoms with Gasteiger partial charge in [-0.1, -0.05) is 24.3 Å². The highest BCUT2D eigenvalue weighted by molar-refractivity contribution is 5.76. The summed E-state index contributed by atoms with van der Waals surface area (Å²) >= 11 is 0. The highest BCUT2D eigenvalue weighted by Gasteiger charge is 2.30. The molecule has 0 saturated carbocycles. The van der Waals surface area contributed by atoms with Crippen LogP contribution in [0.25, 0.3) is 0 Å². The van der Waals surface area contributed by atoms with Crippen molar-refractivity contribution in [3.8, 4) is 11.5 Å². The topological polar surface area (TPSA) is 47.6 Å². The van der Waals surface area contributed by atoms with Crippen LogP contribution in [0.3, 0.4) is 0 Å². The van der Waals surface area contributed by atoms with Crippen LogP contribution in [0.15, 0.2) is 48.5 Å². The molecule has 1 amide bonds. The maximum absolute atomic E-state index is 12.1. The lowest BCUT2D eigenvalue weighted by atomic mass is 10.1. The lowest BCUT2D eigenvalue weighted by Gasteiger charge is -2.10. The van der Waals surface area contributed by atoms with Crippen LogP contribution in [0.5, 0.6) is 11.5 Å². The van der Waals surface area contributed by atoms with Gasteiger partial charge in [0, 0.05) is 13.0 Å². The first-order valence-corrected chi connectivity index (χ1v) is 7.60. The van der Waals surface area contributed by atoms with Gasteiger partial charge in [0.15, 0.2) is 0 Å². The van der Waals surface area contributed by atoms with Crippen LogP contribution in [0.1, 0.15) is 17.5 Å². The van der Waals surface area contributed by atoms with Crippen molar-refractivity contribution in [3.05, 3.63) is 59.7 Å². The molecule has 4 nitrogen and oxygen atoms in total. The molecule has 0 atom stereocenters. The molecule has 7 heteroatoms. The van der Waals surface area contributed by atoms with Gasteiger partial charge in [-0.15, -0.1) is 13.2 Å². The third kappa shape index (κ3) is 6.74. The molecular formula is C18H18F3NO3. The number of halogens is 3. The maximum Gasteiger partial charge on any atom is 0.573 e. The van der Waals surface area contributed by atoms with Crippen LogP contribution < -0.4 is 14.8 Å². The van der Waals surface area contributed by atoms with Crippen LogP contribution in [0.4, 0.5) is 13.2 Å². The molecular weight excluding hydrogens is 335 g/mol. The minimum Gasteiger partial charge on any atom is -0.497 e. The van der Waals surface area contributed by atoms with E-state index < -0.39 is 6.36 Å². The lowest BCUT2D eigenvalue weighted by Crippen LogP contribution is -2.23. The van der Waals surface area contributed by atoms with Crippen LogP contribution in [0.2, 0.25) is 0 Å². The van der Waals surface area contributed by atoms with Crippen molar-refractivity contribution < 1.29 is 27.4 Å². The fourth-order valence-corrected chi connectivity index (χ4v) is 2.15. The Morgan fingerprint density at radius 1 is 0.960 bits per heavy atom. The highest BCUT2D eigenvalue weighted by atomic mass is 19.4. The Balaban J connectivity index is 1.75. The molecule has 25 heavy (non-hydrogen) atoms. The van der Waals surface area contributed by atoms with Crippen molar-refractivity contribution in [2.24, 2.45) is 0 Å². The van der Waals surface area contributed by atoms with Crippen LogP contribution in [-0.4, -0.2) is 19.4 Å². The molecule has 1 N–H and O–H groups in total. The summed E-state index contributed by atoms with van der Waals surface area (Å²) in [5, 5.41) is 2.73. The van der Waals surface area contributed by atoms with Crippen molar-refractivity contribution in [2.45, 2.75) is 25.7 Å². The summed E-state index contributed by atoms with van der Waals surface area (Å²) in [4.78, 5) is 11.9. The van der Waals surface area contributed by atoms with Crippen molar-refractivity contribution in [3.63, 3.8) is 0 Å². The molecule has 0 bridgehead atoms. The number of ether oxygens (including phenoxy) is 2. The number of carbonyl (C=O) groups excluding carboxylic acids is 1. The van der Waals surface area contributed by atoms with Gasteiger partial charge < -0.3 is 14.8 Å². The Kier molecular flexibility index (Phi) is 6.27. The van der Waals surface area contributed by atoms with Crippen molar-refractivity contribution >= 4 is 5.91 Å². The summed E-state index contributed by atoms with van der Waals surface area (Å²) in [7, 11) is 1.59. The maximum atomic E-state index is 12.1. The fourth-order valence-electron chi connectivity index (χ4n) is 2.15. The van der Waals surface area contributed by atoms with Crippen molar-refractivity contribution in [1.82, 2.24) is 5.32 Å². The quantitative estimate of drug-likeness (QED) is 0.823. The molecule has 2 aromatic carbocycles. The Morgan fingerprint density at radius 3 is 2.08 bits per heavy atom. The molecule has 0 heterocycles. The van der Waals surface area contributed by atoms with E-state index in [1.165, 1.54) is 24.3 Å². The molecule has 0 aliphatic carbocycles. The van der Waals surface area contributed by atoms with E-state index in [4.69, 9.17) is 4.74 Å². The number of amides is 1. The molecule has 0 aromatic heterocycles. The molecule has 2 rings (SSSR count). The van der Waals surface area contributed by atoms with E-state index in [2.05, 4.69) is 10.1 Å². The number of methoxy groups -OCH3 is 1. The van der Waals surface area contributed by atoms with Gasteiger partial charge in [0.1, 0.15) is 11.5 Å². The minimum absolute atomic E-state index is 0.133. The lowest BCUT2D eigenvalue weighted by molar-refractivity contribution is -0.274. The second-order valence-electron chi connectivity index (χ2n) is 5.32. The number of alkyl halides is 3. The summed E-state index contributed by atoms with van der Waals surface area (Å²) in [6, 6.07) is 12.8. The van der Waals surface area contributed by atoms with Crippen LogP contribution >= 0.6 is 0 Å². The van der Waals surface area contributed by atoms with Gasteiger partial charge in [0.2, 0.25) is 5.91 Å². The van der Waals surface area contributed by atoms with E-state index >= 15 is 0 Å². The first-order chi connectivity index (χ1) is 11.9. The Hall–Kier alpha value is -2.70. The van der Waals surface area contributed by atoms with E-state index in [9.17, 15) is 18.0 Å². The van der Waals surface area contributed by atoms with E-state index in [1.807, 2.05) is 24.3 Å². The summed E-state index contributed by atoms with van der Waals surface area (Å²) in [5.74, 6) is 0.333. The molecule has 0 spiro atoms. The summed E-state index contributed by atoms with van der Waals surface area (Å²) < 4.78 is 45.1. The second-order valence-corrected chi connectivity index (χ2v) is 5.32. The van der Waals surface area contributed by atoms with E-state index in [0.29, 0.717) is 18.4 Å². The molecule has 0 aliphatic rings. The zero-order valence-electron chi connectivity index (χ0n) is 13.6. The number of nitrogens with one attached hydrogen (secondary N) is 1. The van der Waals surface area contributed by atoms with E-state index in [0.717, 1.165) is 11.3 Å². The van der Waals surface area contributed by atoms with Crippen molar-refractivity contribution in [2.75, 3.05) is 7.11 Å². The zero-order chi connectivity index (χ0) is 18.3. The van der Waals surface area contributed by atoms with Gasteiger partial charge in [-0.3, -0.25) is 4.79 Å². The Bertz CT molecular complexity index is 682. The molecule has 134 valence electrons. The number of hydrogen-bond donors (Lipinski definition) is 1. The molecule has 0 unspecified atom stereocenters. The summed E-state index contributed by atoms with van der Waals surface area (Å²) in [6.45, 7) is 0.244. The largest absolute Gasteiger partial charge is 0.573 e. The smallest absolute Gasteiger partial charge is 0.497 e. The summed E-state index contributed by atoms with van der Waals surface area (Å²) in [6.07, 6.45) is -3.80. The SMILES string of the molecule is COc1ccc(CCC(=O)NCc2ccc(OC(F)(F)F)cc2)cc1. The highest BCUT2D eigenvalue weighted by Crippen LogP contribution is 2.22. The number of aryl methyl sites for hydroxylation is 1. The van der Waals surface area contributed by atoms with Gasteiger partial charge in [0.25, 0.3) is 0 Å². The standard InChI is InChI=1S/C18H18F3NO3/c1-24-15-7-2-13(3-8-15)6-11-17(23)22-12-14-4-9-16(10-5-14)25-18(19,20)21/h2-5,7-10H,6,11-12H2,1H3,(H,22,23). The molecule has 0 radical (unpaired) electrons. The number of carbonyl (C=O) groups is 1. The van der Waals surface area contributed by atoms with Gasteiger partial charge in [0.05, 0.1) is 7.11 Å². The second kappa shape index (κ2) is 8.41. The van der Waals surface area contributed by atoms with Crippen LogP contribution in [0, 0.1) is 0 Å². The monoisotopic (exact) mass is 353 g/mol. The number of benzene rings is 2. The molecule has 0 aliphatic heterocycles. The first kappa shape index (κ1) is 18.6.